The highest BCUT2D eigenvalue weighted by molar-refractivity contribution is 5.96. The number of carbonyl (C=O) groups is 2. The van der Waals surface area contributed by atoms with Gasteiger partial charge in [-0.2, -0.15) is 0 Å². The lowest BCUT2D eigenvalue weighted by atomic mass is 9.75. The van der Waals surface area contributed by atoms with Crippen molar-refractivity contribution < 1.29 is 9.59 Å². The molecule has 0 spiro atoms. The van der Waals surface area contributed by atoms with Crippen LogP contribution in [-0.2, 0) is 9.59 Å². The summed E-state index contributed by atoms with van der Waals surface area (Å²) in [7, 11) is 0. The van der Waals surface area contributed by atoms with Crippen LogP contribution in [-0.4, -0.2) is 11.8 Å². The van der Waals surface area contributed by atoms with Crippen molar-refractivity contribution in [2.45, 2.75) is 187 Å². The molecule has 0 bridgehead atoms. The lowest BCUT2D eigenvalue weighted by molar-refractivity contribution is -0.125. The van der Waals surface area contributed by atoms with E-state index in [1.54, 1.807) is 18.2 Å². The Morgan fingerprint density at radius 3 is 1.15 bits per heavy atom. The van der Waals surface area contributed by atoms with Crippen LogP contribution in [0.5, 0.6) is 0 Å². The minimum atomic E-state index is -0.647. The predicted octanol–water partition coefficient (Wildman–Crippen LogP) is 10.4. The van der Waals surface area contributed by atoms with E-state index < -0.39 is 11.3 Å². The van der Waals surface area contributed by atoms with E-state index in [0.717, 1.165) is 19.3 Å². The maximum absolute atomic E-state index is 12.1. The van der Waals surface area contributed by atoms with Gasteiger partial charge in [-0.05, 0) is 12.8 Å². The number of unbranched alkanes of at least 4 members (excludes halogenated alkanes) is 25. The number of allylic oxidation sites excluding steroid dienone is 1. The summed E-state index contributed by atoms with van der Waals surface area (Å²) in [6, 6.07) is 0. The number of hydrogen-bond acceptors (Lipinski definition) is 2. The lowest BCUT2D eigenvalue weighted by Gasteiger charge is -2.28. The molecule has 0 aromatic rings. The first-order chi connectivity index (χ1) is 19.5. The number of hydrogen-bond donors (Lipinski definition) is 2. The van der Waals surface area contributed by atoms with E-state index in [-0.39, 0.29) is 5.91 Å². The Bertz CT molecular complexity index is 699. The van der Waals surface area contributed by atoms with Crippen LogP contribution in [0.3, 0.4) is 0 Å². The first kappa shape index (κ1) is 36.4. The van der Waals surface area contributed by atoms with Gasteiger partial charge in [0.05, 0.1) is 5.41 Å². The third-order valence-corrected chi connectivity index (χ3v) is 9.02. The summed E-state index contributed by atoms with van der Waals surface area (Å²) in [6.07, 6.45) is 42.5. The second-order valence-corrected chi connectivity index (χ2v) is 12.7. The van der Waals surface area contributed by atoms with Crippen LogP contribution in [0.2, 0.25) is 0 Å². The number of rotatable bonds is 29. The van der Waals surface area contributed by atoms with E-state index in [1.807, 2.05) is 0 Å². The maximum Gasteiger partial charge on any atom is 0.248 e. The van der Waals surface area contributed by atoms with Gasteiger partial charge in [-0.15, -0.1) is 0 Å². The zero-order valence-electron chi connectivity index (χ0n) is 26.5. The van der Waals surface area contributed by atoms with Crippen LogP contribution in [0.25, 0.3) is 0 Å². The second kappa shape index (κ2) is 25.2. The molecule has 2 amide bonds. The number of nitrogens with two attached hydrogens (primary N) is 2. The molecule has 1 aliphatic rings. The van der Waals surface area contributed by atoms with Crippen molar-refractivity contribution >= 4 is 11.8 Å². The average Bonchev–Trinajstić information content (AvgIpc) is 2.95. The molecule has 0 heterocycles. The molecule has 4 heteroatoms. The van der Waals surface area contributed by atoms with Crippen molar-refractivity contribution in [3.8, 4) is 0 Å². The largest absolute Gasteiger partial charge is 0.369 e. The van der Waals surface area contributed by atoms with Gasteiger partial charge in [0.2, 0.25) is 11.8 Å². The minimum absolute atomic E-state index is 0.303. The highest BCUT2D eigenvalue weighted by Gasteiger charge is 2.34. The molecule has 232 valence electrons. The van der Waals surface area contributed by atoms with Gasteiger partial charge in [-0.1, -0.05) is 192 Å². The standard InChI is InChI=1S/C36H66N2O2/c1-2-3-4-5-6-7-8-9-10-11-12-13-14-15-16-17-18-19-20-21-22-23-24-25-26-27-30-36(35(38)40)31-28-33(29-32-36)34(37)39/h28-29,31H,2-27,30,32H2,1H3,(H2,37,39)(H2,38,40). The maximum atomic E-state index is 12.1. The van der Waals surface area contributed by atoms with Crippen LogP contribution in [0.15, 0.2) is 23.8 Å². The van der Waals surface area contributed by atoms with Crippen molar-refractivity contribution in [3.05, 3.63) is 23.8 Å². The van der Waals surface area contributed by atoms with E-state index in [4.69, 9.17) is 11.5 Å². The molecule has 40 heavy (non-hydrogen) atoms. The fraction of sp³-hybridized carbons (Fsp3) is 0.833. The summed E-state index contributed by atoms with van der Waals surface area (Å²) in [4.78, 5) is 23.4. The summed E-state index contributed by atoms with van der Waals surface area (Å²) in [5.74, 6) is -0.752. The molecular formula is C36H66N2O2. The lowest BCUT2D eigenvalue weighted by Crippen LogP contribution is -2.36. The fourth-order valence-corrected chi connectivity index (χ4v) is 6.11. The SMILES string of the molecule is CCCCCCCCCCCCCCCCCCCCCCCCCCCCC1(C(N)=O)C=CC(C(N)=O)=CC1. The van der Waals surface area contributed by atoms with Crippen molar-refractivity contribution in [2.75, 3.05) is 0 Å². The fourth-order valence-electron chi connectivity index (χ4n) is 6.11. The highest BCUT2D eigenvalue weighted by Crippen LogP contribution is 2.35. The molecule has 4 N–H and O–H groups in total. The molecule has 0 aromatic carbocycles. The van der Waals surface area contributed by atoms with E-state index in [9.17, 15) is 9.59 Å². The summed E-state index contributed by atoms with van der Waals surface area (Å²) in [5, 5.41) is 0. The van der Waals surface area contributed by atoms with Gasteiger partial charge in [0.25, 0.3) is 0 Å². The van der Waals surface area contributed by atoms with Gasteiger partial charge in [-0.25, -0.2) is 0 Å². The van der Waals surface area contributed by atoms with Gasteiger partial charge in [0.1, 0.15) is 0 Å². The molecular weight excluding hydrogens is 492 g/mol. The monoisotopic (exact) mass is 559 g/mol. The molecule has 0 radical (unpaired) electrons. The van der Waals surface area contributed by atoms with Crippen molar-refractivity contribution in [2.24, 2.45) is 16.9 Å². The highest BCUT2D eigenvalue weighted by atomic mass is 16.1. The van der Waals surface area contributed by atoms with Crippen molar-refractivity contribution in [1.29, 1.82) is 0 Å². The molecule has 1 aliphatic carbocycles. The van der Waals surface area contributed by atoms with Gasteiger partial charge in [0.15, 0.2) is 0 Å². The molecule has 0 aliphatic heterocycles. The molecule has 1 rings (SSSR count). The Balaban J connectivity index is 1.79. The minimum Gasteiger partial charge on any atom is -0.369 e. The smallest absolute Gasteiger partial charge is 0.248 e. The number of primary amides is 2. The summed E-state index contributed by atoms with van der Waals surface area (Å²) in [6.45, 7) is 2.29. The molecule has 0 fully saturated rings. The van der Waals surface area contributed by atoms with Gasteiger partial charge < -0.3 is 11.5 Å². The van der Waals surface area contributed by atoms with Crippen molar-refractivity contribution in [1.82, 2.24) is 0 Å². The molecule has 1 atom stereocenters. The average molecular weight is 559 g/mol. The molecule has 1 unspecified atom stereocenters. The molecule has 0 saturated carbocycles. The molecule has 4 nitrogen and oxygen atoms in total. The first-order valence-corrected chi connectivity index (χ1v) is 17.5. The Morgan fingerprint density at radius 2 is 0.900 bits per heavy atom. The zero-order chi connectivity index (χ0) is 29.2. The van der Waals surface area contributed by atoms with Crippen LogP contribution >= 0.6 is 0 Å². The summed E-state index contributed by atoms with van der Waals surface area (Å²) >= 11 is 0. The van der Waals surface area contributed by atoms with Crippen LogP contribution in [0.1, 0.15) is 187 Å². The predicted molar refractivity (Wildman–Crippen MR) is 173 cm³/mol. The van der Waals surface area contributed by atoms with Crippen LogP contribution in [0.4, 0.5) is 0 Å². The molecule has 0 aromatic heterocycles. The molecule has 0 saturated heterocycles. The van der Waals surface area contributed by atoms with E-state index >= 15 is 0 Å². The van der Waals surface area contributed by atoms with Gasteiger partial charge in [0, 0.05) is 5.57 Å². The second-order valence-electron chi connectivity index (χ2n) is 12.7. The quantitative estimate of drug-likeness (QED) is 0.0894. The summed E-state index contributed by atoms with van der Waals surface area (Å²) < 4.78 is 0. The summed E-state index contributed by atoms with van der Waals surface area (Å²) in [5.41, 5.74) is 10.8. The van der Waals surface area contributed by atoms with Crippen LogP contribution in [0, 0.1) is 5.41 Å². The zero-order valence-corrected chi connectivity index (χ0v) is 26.5. The number of carbonyl (C=O) groups excluding carboxylic acids is 2. The first-order valence-electron chi connectivity index (χ1n) is 17.5. The van der Waals surface area contributed by atoms with Crippen LogP contribution < -0.4 is 11.5 Å². The topological polar surface area (TPSA) is 86.2 Å². The Hall–Kier alpha value is -1.58. The Morgan fingerprint density at radius 1 is 0.575 bits per heavy atom. The van der Waals surface area contributed by atoms with E-state index in [2.05, 4.69) is 6.92 Å². The number of amides is 2. The van der Waals surface area contributed by atoms with E-state index in [1.165, 1.54) is 154 Å². The van der Waals surface area contributed by atoms with E-state index in [0.29, 0.717) is 12.0 Å². The van der Waals surface area contributed by atoms with Crippen molar-refractivity contribution in [3.63, 3.8) is 0 Å². The Labute approximate surface area is 248 Å². The van der Waals surface area contributed by atoms with Gasteiger partial charge in [-0.3, -0.25) is 9.59 Å². The third kappa shape index (κ3) is 18.7. The Kier molecular flexibility index (Phi) is 22.9. The third-order valence-electron chi connectivity index (χ3n) is 9.02. The van der Waals surface area contributed by atoms with Gasteiger partial charge >= 0.3 is 0 Å². The normalized spacial score (nSPS) is 16.8.